The molecule has 1 amide bonds. The molecule has 0 saturated heterocycles. The first-order chi connectivity index (χ1) is 19.7. The van der Waals surface area contributed by atoms with E-state index in [1.165, 1.54) is 19.1 Å². The quantitative estimate of drug-likeness (QED) is 0.170. The molecule has 0 fully saturated rings. The largest absolute Gasteiger partial charge is 0.854 e. The molecule has 4 aromatic rings. The predicted octanol–water partition coefficient (Wildman–Crippen LogP) is 3.04. The molecule has 3 N–H and O–H groups in total. The maximum Gasteiger partial charge on any atom is 0.229 e. The van der Waals surface area contributed by atoms with Gasteiger partial charge in [0.15, 0.2) is 18.4 Å². The normalized spacial score (nSPS) is 14.3. The Kier molecular flexibility index (Phi) is 7.88. The zero-order valence-electron chi connectivity index (χ0n) is 23.2. The van der Waals surface area contributed by atoms with Crippen molar-refractivity contribution in [3.05, 3.63) is 60.0 Å². The SMILES string of the molecule is CC(=O)Nc1cccc(Nc2nc3cnc(Nc4ccc(/C([O-])=N/[N+]5=CCN(C)CC5)cc4F)nc3n2C(C)C)c1. The Morgan fingerprint density at radius 2 is 1.95 bits per heavy atom. The van der Waals surface area contributed by atoms with Gasteiger partial charge in [0.25, 0.3) is 0 Å². The summed E-state index contributed by atoms with van der Waals surface area (Å²) in [5, 5.41) is 25.6. The summed E-state index contributed by atoms with van der Waals surface area (Å²) in [6, 6.07) is 11.4. The third kappa shape index (κ3) is 6.47. The molecule has 13 heteroatoms. The van der Waals surface area contributed by atoms with Gasteiger partial charge in [0, 0.05) is 24.3 Å². The molecule has 1 aliphatic heterocycles. The molecule has 0 aliphatic carbocycles. The lowest BCUT2D eigenvalue weighted by molar-refractivity contribution is -0.538. The molecule has 0 unspecified atom stereocenters. The summed E-state index contributed by atoms with van der Waals surface area (Å²) in [5.41, 5.74) is 2.75. The van der Waals surface area contributed by atoms with Crippen LogP contribution >= 0.6 is 0 Å². The van der Waals surface area contributed by atoms with E-state index in [9.17, 15) is 9.90 Å². The van der Waals surface area contributed by atoms with Crippen molar-refractivity contribution < 1.29 is 19.0 Å². The summed E-state index contributed by atoms with van der Waals surface area (Å²) in [6.07, 6.45) is 3.39. The number of anilines is 5. The van der Waals surface area contributed by atoms with Crippen molar-refractivity contribution in [2.24, 2.45) is 5.10 Å². The average Bonchev–Trinajstić information content (AvgIpc) is 3.28. The van der Waals surface area contributed by atoms with E-state index in [4.69, 9.17) is 0 Å². The first-order valence-electron chi connectivity index (χ1n) is 13.2. The molecule has 1 aliphatic rings. The number of halogens is 1. The highest BCUT2D eigenvalue weighted by atomic mass is 19.1. The summed E-state index contributed by atoms with van der Waals surface area (Å²) >= 11 is 0. The van der Waals surface area contributed by atoms with Crippen LogP contribution in [0.4, 0.5) is 33.3 Å². The number of rotatable bonds is 8. The van der Waals surface area contributed by atoms with E-state index < -0.39 is 11.7 Å². The topological polar surface area (TPSA) is 138 Å². The Hall–Kier alpha value is -4.91. The van der Waals surface area contributed by atoms with Crippen molar-refractivity contribution >= 4 is 58.1 Å². The number of hydrazone groups is 1. The van der Waals surface area contributed by atoms with Crippen molar-refractivity contribution in [2.45, 2.75) is 26.8 Å². The lowest BCUT2D eigenvalue weighted by Gasteiger charge is -2.16. The first-order valence-corrected chi connectivity index (χ1v) is 13.2. The van der Waals surface area contributed by atoms with Crippen molar-refractivity contribution in [1.29, 1.82) is 0 Å². The van der Waals surface area contributed by atoms with Gasteiger partial charge in [0.1, 0.15) is 11.3 Å². The van der Waals surface area contributed by atoms with Crippen LogP contribution < -0.4 is 21.1 Å². The second-order valence-corrected chi connectivity index (χ2v) is 10.0. The van der Waals surface area contributed by atoms with Crippen LogP contribution in [0.25, 0.3) is 11.2 Å². The van der Waals surface area contributed by atoms with Gasteiger partial charge in [0.05, 0.1) is 30.9 Å². The zero-order valence-corrected chi connectivity index (χ0v) is 23.2. The van der Waals surface area contributed by atoms with Gasteiger partial charge in [-0.2, -0.15) is 4.98 Å². The van der Waals surface area contributed by atoms with E-state index in [1.54, 1.807) is 23.0 Å². The molecule has 5 rings (SSSR count). The number of carbonyl (C=O) groups is 1. The van der Waals surface area contributed by atoms with E-state index in [0.717, 1.165) is 18.3 Å². The molecule has 0 radical (unpaired) electrons. The van der Waals surface area contributed by atoms with Gasteiger partial charge in [0.2, 0.25) is 17.8 Å². The van der Waals surface area contributed by atoms with Gasteiger partial charge >= 0.3 is 0 Å². The van der Waals surface area contributed by atoms with Gasteiger partial charge in [-0.05, 0) is 61.9 Å². The molecule has 2 aromatic heterocycles. The molecule has 212 valence electrons. The van der Waals surface area contributed by atoms with E-state index in [1.807, 2.05) is 43.8 Å². The summed E-state index contributed by atoms with van der Waals surface area (Å²) in [4.78, 5) is 27.1. The number of hydrogen-bond acceptors (Lipinski definition) is 9. The Balaban J connectivity index is 1.38. The van der Waals surface area contributed by atoms with E-state index in [0.29, 0.717) is 35.9 Å². The van der Waals surface area contributed by atoms with Crippen molar-refractivity contribution in [1.82, 2.24) is 24.4 Å². The summed E-state index contributed by atoms with van der Waals surface area (Å²) in [6.45, 7) is 7.51. The number of aromatic nitrogens is 4. The third-order valence-corrected chi connectivity index (χ3v) is 6.38. The van der Waals surface area contributed by atoms with Gasteiger partial charge in [-0.3, -0.25) is 14.3 Å². The maximum atomic E-state index is 15.0. The second kappa shape index (κ2) is 11.7. The zero-order chi connectivity index (χ0) is 29.1. The highest BCUT2D eigenvalue weighted by Gasteiger charge is 2.18. The van der Waals surface area contributed by atoms with Crippen LogP contribution in [0.3, 0.4) is 0 Å². The predicted molar refractivity (Wildman–Crippen MR) is 155 cm³/mol. The maximum absolute atomic E-state index is 15.0. The number of likely N-dealkylation sites (N-methyl/N-ethyl adjacent to an activating group) is 1. The number of nitrogens with one attached hydrogen (secondary N) is 3. The van der Waals surface area contributed by atoms with Gasteiger partial charge in [-0.1, -0.05) is 16.8 Å². The summed E-state index contributed by atoms with van der Waals surface area (Å²) in [7, 11) is 1.99. The fourth-order valence-electron chi connectivity index (χ4n) is 4.36. The lowest BCUT2D eigenvalue weighted by atomic mass is 10.2. The highest BCUT2D eigenvalue weighted by Crippen LogP contribution is 2.28. The van der Waals surface area contributed by atoms with Crippen LogP contribution in [0.2, 0.25) is 0 Å². The smallest absolute Gasteiger partial charge is 0.229 e. The molecule has 2 aromatic carbocycles. The van der Waals surface area contributed by atoms with E-state index in [2.05, 4.69) is 40.9 Å². The van der Waals surface area contributed by atoms with Crippen LogP contribution in [-0.2, 0) is 4.79 Å². The van der Waals surface area contributed by atoms with Crippen molar-refractivity contribution in [3.63, 3.8) is 0 Å². The van der Waals surface area contributed by atoms with Crippen LogP contribution in [0.5, 0.6) is 0 Å². The van der Waals surface area contributed by atoms with E-state index in [-0.39, 0.29) is 29.1 Å². The summed E-state index contributed by atoms with van der Waals surface area (Å²) < 4.78 is 18.5. The number of nitrogens with zero attached hydrogens (tertiary/aromatic N) is 7. The fraction of sp³-hybridized carbons (Fsp3) is 0.286. The van der Waals surface area contributed by atoms with E-state index >= 15 is 4.39 Å². The second-order valence-electron chi connectivity index (χ2n) is 10.0. The van der Waals surface area contributed by atoms with Crippen LogP contribution in [0.15, 0.2) is 53.8 Å². The monoisotopic (exact) mass is 558 g/mol. The Bertz CT molecular complexity index is 1660. The summed E-state index contributed by atoms with van der Waals surface area (Å²) in [5.74, 6) is -0.595. The molecular weight excluding hydrogens is 527 g/mol. The number of imidazole rings is 1. The molecule has 0 atom stereocenters. The minimum absolute atomic E-state index is 0.0212. The molecule has 3 heterocycles. The molecule has 41 heavy (non-hydrogen) atoms. The lowest BCUT2D eigenvalue weighted by Crippen LogP contribution is -2.36. The van der Waals surface area contributed by atoms with Crippen LogP contribution in [0.1, 0.15) is 32.4 Å². The Labute approximate surface area is 236 Å². The van der Waals surface area contributed by atoms with Gasteiger partial charge in [-0.15, -0.1) is 0 Å². The number of fused-ring (bicyclic) bond motifs is 1. The number of benzene rings is 2. The standard InChI is InChI=1S/C28H31FN10O2/c1-17(2)39-25-24(34-28(39)32-21-7-5-6-20(15-21)31-18(3)40)16-30-27(35-25)33-23-9-8-19(14-22(23)29)26(41)36-38-12-10-37(4)11-13-38/h5-9,12,14-17H,10-11,13H2,1-4H3,(H3-,30,31,32,33,34,35,36,40,41). The fourth-order valence-corrected chi connectivity index (χ4v) is 4.36. The number of amides is 1. The Morgan fingerprint density at radius 3 is 2.66 bits per heavy atom. The number of hydrogen-bond donors (Lipinski definition) is 3. The van der Waals surface area contributed by atoms with Crippen LogP contribution in [0, 0.1) is 5.82 Å². The minimum Gasteiger partial charge on any atom is -0.854 e. The number of carbonyl (C=O) groups excluding carboxylic acids is 1. The molecule has 0 saturated carbocycles. The van der Waals surface area contributed by atoms with Crippen LogP contribution in [-0.4, -0.2) is 73.8 Å². The van der Waals surface area contributed by atoms with Crippen molar-refractivity contribution in [3.8, 4) is 0 Å². The first kappa shape index (κ1) is 27.6. The third-order valence-electron chi connectivity index (χ3n) is 6.38. The molecular formula is C28H31FN10O2. The Morgan fingerprint density at radius 1 is 1.15 bits per heavy atom. The molecule has 0 spiro atoms. The van der Waals surface area contributed by atoms with Gasteiger partial charge < -0.3 is 21.1 Å². The minimum atomic E-state index is -0.629. The molecule has 0 bridgehead atoms. The van der Waals surface area contributed by atoms with Gasteiger partial charge in [-0.25, -0.2) is 14.4 Å². The average molecular weight is 559 g/mol. The molecule has 12 nitrogen and oxygen atoms in total. The van der Waals surface area contributed by atoms with Crippen molar-refractivity contribution in [2.75, 3.05) is 42.6 Å². The highest BCUT2D eigenvalue weighted by molar-refractivity contribution is 5.91.